The Labute approximate surface area is 126 Å². The maximum atomic E-state index is 5.81. The number of nitrogens with zero attached hydrogens (tertiary/aromatic N) is 1. The molecular formula is C16H24BrNO. The SMILES string of the molecule is Br.c1ccc(COCCN2C3CCCC2CC3)cc1. The number of benzene rings is 1. The minimum Gasteiger partial charge on any atom is -0.375 e. The van der Waals surface area contributed by atoms with Crippen LogP contribution in [0.5, 0.6) is 0 Å². The summed E-state index contributed by atoms with van der Waals surface area (Å²) in [7, 11) is 0. The second-order valence-corrected chi connectivity index (χ2v) is 5.59. The van der Waals surface area contributed by atoms with Crippen molar-refractivity contribution in [3.8, 4) is 0 Å². The smallest absolute Gasteiger partial charge is 0.0717 e. The van der Waals surface area contributed by atoms with E-state index in [2.05, 4.69) is 35.2 Å². The molecule has 1 aromatic carbocycles. The average Bonchev–Trinajstić information content (AvgIpc) is 2.64. The van der Waals surface area contributed by atoms with E-state index < -0.39 is 0 Å². The van der Waals surface area contributed by atoms with Gasteiger partial charge in [-0.2, -0.15) is 0 Å². The lowest BCUT2D eigenvalue weighted by Crippen LogP contribution is -2.41. The fraction of sp³-hybridized carbons (Fsp3) is 0.625. The van der Waals surface area contributed by atoms with Crippen molar-refractivity contribution in [1.82, 2.24) is 4.90 Å². The summed E-state index contributed by atoms with van der Waals surface area (Å²) in [5, 5.41) is 0. The predicted octanol–water partition coefficient (Wildman–Crippen LogP) is 3.80. The zero-order valence-electron chi connectivity index (χ0n) is 11.5. The van der Waals surface area contributed by atoms with Gasteiger partial charge in [-0.15, -0.1) is 17.0 Å². The quantitative estimate of drug-likeness (QED) is 0.763. The molecule has 2 bridgehead atoms. The molecule has 0 N–H and O–H groups in total. The summed E-state index contributed by atoms with van der Waals surface area (Å²) < 4.78 is 5.81. The highest BCUT2D eigenvalue weighted by atomic mass is 79.9. The molecule has 106 valence electrons. The standard InChI is InChI=1S/C16H23NO.BrH/c1-2-5-14(6-3-1)13-18-12-11-17-15-7-4-8-16(17)10-9-15;/h1-3,5-6,15-16H,4,7-13H2;1H. The van der Waals surface area contributed by atoms with Gasteiger partial charge in [0.2, 0.25) is 0 Å². The highest BCUT2D eigenvalue weighted by molar-refractivity contribution is 8.93. The first-order chi connectivity index (χ1) is 8.93. The van der Waals surface area contributed by atoms with E-state index in [1.165, 1.54) is 37.7 Å². The fourth-order valence-corrected chi connectivity index (χ4v) is 3.52. The van der Waals surface area contributed by atoms with Gasteiger partial charge in [-0.3, -0.25) is 4.90 Å². The number of hydrogen-bond acceptors (Lipinski definition) is 2. The van der Waals surface area contributed by atoms with Crippen LogP contribution in [-0.4, -0.2) is 30.1 Å². The van der Waals surface area contributed by atoms with Gasteiger partial charge < -0.3 is 4.74 Å². The summed E-state index contributed by atoms with van der Waals surface area (Å²) in [5.74, 6) is 0. The molecule has 0 aromatic heterocycles. The minimum absolute atomic E-state index is 0. The molecule has 19 heavy (non-hydrogen) atoms. The van der Waals surface area contributed by atoms with Crippen molar-refractivity contribution in [2.24, 2.45) is 0 Å². The largest absolute Gasteiger partial charge is 0.375 e. The Balaban J connectivity index is 0.00000133. The highest BCUT2D eigenvalue weighted by Crippen LogP contribution is 2.34. The summed E-state index contributed by atoms with van der Waals surface area (Å²) in [6.45, 7) is 2.76. The Hall–Kier alpha value is -0.380. The van der Waals surface area contributed by atoms with Crippen molar-refractivity contribution in [1.29, 1.82) is 0 Å². The van der Waals surface area contributed by atoms with Gasteiger partial charge >= 0.3 is 0 Å². The van der Waals surface area contributed by atoms with Crippen molar-refractivity contribution < 1.29 is 4.74 Å². The van der Waals surface area contributed by atoms with E-state index in [0.717, 1.165) is 31.8 Å². The predicted molar refractivity (Wildman–Crippen MR) is 83.8 cm³/mol. The van der Waals surface area contributed by atoms with Crippen molar-refractivity contribution in [3.63, 3.8) is 0 Å². The van der Waals surface area contributed by atoms with E-state index in [0.29, 0.717) is 0 Å². The number of fused-ring (bicyclic) bond motifs is 2. The van der Waals surface area contributed by atoms with Crippen molar-refractivity contribution in [2.75, 3.05) is 13.2 Å². The molecule has 0 aliphatic carbocycles. The third-order valence-electron chi connectivity index (χ3n) is 4.45. The van der Waals surface area contributed by atoms with Crippen molar-refractivity contribution in [3.05, 3.63) is 35.9 Å². The van der Waals surface area contributed by atoms with Crippen LogP contribution in [0.4, 0.5) is 0 Å². The number of ether oxygens (including phenoxy) is 1. The van der Waals surface area contributed by atoms with E-state index in [1.807, 2.05) is 0 Å². The van der Waals surface area contributed by atoms with E-state index >= 15 is 0 Å². The Bertz CT molecular complexity index is 354. The van der Waals surface area contributed by atoms with E-state index in [-0.39, 0.29) is 17.0 Å². The van der Waals surface area contributed by atoms with Crippen LogP contribution in [0.3, 0.4) is 0 Å². The lowest BCUT2D eigenvalue weighted by Gasteiger charge is -2.34. The number of piperidine rings is 1. The van der Waals surface area contributed by atoms with Crippen LogP contribution in [-0.2, 0) is 11.3 Å². The third kappa shape index (κ3) is 3.80. The molecule has 2 saturated heterocycles. The molecule has 0 amide bonds. The molecular weight excluding hydrogens is 302 g/mol. The Morgan fingerprint density at radius 3 is 2.37 bits per heavy atom. The van der Waals surface area contributed by atoms with E-state index in [9.17, 15) is 0 Å². The summed E-state index contributed by atoms with van der Waals surface area (Å²) in [5.41, 5.74) is 1.28. The molecule has 2 unspecified atom stereocenters. The Morgan fingerprint density at radius 2 is 1.68 bits per heavy atom. The first-order valence-corrected chi connectivity index (χ1v) is 7.31. The fourth-order valence-electron chi connectivity index (χ4n) is 3.52. The van der Waals surface area contributed by atoms with Crippen LogP contribution in [0, 0.1) is 0 Å². The van der Waals surface area contributed by atoms with Gasteiger partial charge in [0, 0.05) is 18.6 Å². The molecule has 2 aliphatic rings. The molecule has 1 aromatic rings. The van der Waals surface area contributed by atoms with Crippen LogP contribution < -0.4 is 0 Å². The van der Waals surface area contributed by atoms with Crippen molar-refractivity contribution >= 4 is 17.0 Å². The van der Waals surface area contributed by atoms with Gasteiger partial charge in [0.15, 0.2) is 0 Å². The summed E-state index contributed by atoms with van der Waals surface area (Å²) in [4.78, 5) is 2.70. The number of halogens is 1. The molecule has 0 spiro atoms. The first-order valence-electron chi connectivity index (χ1n) is 7.31. The van der Waals surface area contributed by atoms with Crippen LogP contribution in [0.1, 0.15) is 37.7 Å². The maximum Gasteiger partial charge on any atom is 0.0717 e. The number of rotatable bonds is 5. The zero-order valence-corrected chi connectivity index (χ0v) is 13.2. The Morgan fingerprint density at radius 1 is 1.00 bits per heavy atom. The Kier molecular flexibility index (Phi) is 5.86. The molecule has 2 aliphatic heterocycles. The summed E-state index contributed by atoms with van der Waals surface area (Å²) in [6.07, 6.45) is 7.10. The maximum absolute atomic E-state index is 5.81. The second kappa shape index (κ2) is 7.41. The van der Waals surface area contributed by atoms with Gasteiger partial charge in [0.1, 0.15) is 0 Å². The highest BCUT2D eigenvalue weighted by Gasteiger charge is 2.35. The molecule has 2 fully saturated rings. The van der Waals surface area contributed by atoms with E-state index in [4.69, 9.17) is 4.74 Å². The van der Waals surface area contributed by atoms with Gasteiger partial charge in [-0.25, -0.2) is 0 Å². The third-order valence-corrected chi connectivity index (χ3v) is 4.45. The molecule has 0 saturated carbocycles. The van der Waals surface area contributed by atoms with Crippen LogP contribution in [0.15, 0.2) is 30.3 Å². The lowest BCUT2D eigenvalue weighted by molar-refractivity contribution is 0.0603. The average molecular weight is 326 g/mol. The lowest BCUT2D eigenvalue weighted by atomic mass is 10.0. The monoisotopic (exact) mass is 325 g/mol. The van der Waals surface area contributed by atoms with Gasteiger partial charge in [0.25, 0.3) is 0 Å². The molecule has 2 heterocycles. The minimum atomic E-state index is 0. The summed E-state index contributed by atoms with van der Waals surface area (Å²) >= 11 is 0. The molecule has 0 radical (unpaired) electrons. The van der Waals surface area contributed by atoms with E-state index in [1.54, 1.807) is 0 Å². The molecule has 2 atom stereocenters. The molecule has 3 rings (SSSR count). The normalized spacial score (nSPS) is 26.1. The first kappa shape index (κ1) is 15.0. The van der Waals surface area contributed by atoms with Gasteiger partial charge in [-0.05, 0) is 31.2 Å². The number of hydrogen-bond donors (Lipinski definition) is 0. The van der Waals surface area contributed by atoms with Crippen molar-refractivity contribution in [2.45, 2.75) is 50.8 Å². The van der Waals surface area contributed by atoms with Crippen LogP contribution in [0.25, 0.3) is 0 Å². The molecule has 3 heteroatoms. The van der Waals surface area contributed by atoms with Crippen LogP contribution >= 0.6 is 17.0 Å². The van der Waals surface area contributed by atoms with Crippen LogP contribution in [0.2, 0.25) is 0 Å². The van der Waals surface area contributed by atoms with Gasteiger partial charge in [0.05, 0.1) is 13.2 Å². The second-order valence-electron chi connectivity index (χ2n) is 5.59. The molecule has 2 nitrogen and oxygen atoms in total. The summed E-state index contributed by atoms with van der Waals surface area (Å²) in [6, 6.07) is 12.2. The van der Waals surface area contributed by atoms with Gasteiger partial charge in [-0.1, -0.05) is 36.8 Å². The zero-order chi connectivity index (χ0) is 12.2. The topological polar surface area (TPSA) is 12.5 Å².